The molecule has 9 heteroatoms. The van der Waals surface area contributed by atoms with Crippen LogP contribution in [0.15, 0.2) is 0 Å². The summed E-state index contributed by atoms with van der Waals surface area (Å²) < 4.78 is 23.3. The van der Waals surface area contributed by atoms with E-state index in [4.69, 9.17) is 0 Å². The fourth-order valence-corrected chi connectivity index (χ4v) is 7.35. The molecular weight excluding hydrogens is 384 g/mol. The first kappa shape index (κ1) is 18.9. The summed E-state index contributed by atoms with van der Waals surface area (Å²) in [6.45, 7) is 3.42. The van der Waals surface area contributed by atoms with E-state index >= 15 is 0 Å². The SMILES string of the molecule is N#Cc1c(NC(=O)CN2CCN([C@H]3CCS(=O)(=O)C3)CC2)sc2c1CCC2. The fourth-order valence-electron chi connectivity index (χ4n) is 4.33. The molecule has 0 saturated carbocycles. The van der Waals surface area contributed by atoms with Crippen molar-refractivity contribution in [1.82, 2.24) is 9.80 Å². The number of sulfone groups is 1. The predicted octanol–water partition coefficient (Wildman–Crippen LogP) is 0.852. The summed E-state index contributed by atoms with van der Waals surface area (Å²) in [5.41, 5.74) is 1.77. The van der Waals surface area contributed by atoms with Gasteiger partial charge in [0.1, 0.15) is 11.1 Å². The summed E-state index contributed by atoms with van der Waals surface area (Å²) in [5.74, 6) is 0.489. The number of nitrogens with zero attached hydrogens (tertiary/aromatic N) is 3. The molecule has 4 rings (SSSR count). The first-order valence-electron chi connectivity index (χ1n) is 9.46. The maximum atomic E-state index is 12.5. The Hall–Kier alpha value is -1.47. The molecule has 0 unspecified atom stereocenters. The van der Waals surface area contributed by atoms with Gasteiger partial charge >= 0.3 is 0 Å². The maximum Gasteiger partial charge on any atom is 0.239 e. The van der Waals surface area contributed by atoms with E-state index in [0.717, 1.165) is 57.4 Å². The monoisotopic (exact) mass is 408 g/mol. The van der Waals surface area contributed by atoms with E-state index in [1.807, 2.05) is 0 Å². The molecular formula is C18H24N4O3S2. The van der Waals surface area contributed by atoms with Gasteiger partial charge in [-0.15, -0.1) is 11.3 Å². The fraction of sp³-hybridized carbons (Fsp3) is 0.667. The molecule has 1 aliphatic carbocycles. The molecule has 3 aliphatic rings. The lowest BCUT2D eigenvalue weighted by Crippen LogP contribution is -2.52. The van der Waals surface area contributed by atoms with Crippen LogP contribution >= 0.6 is 11.3 Å². The van der Waals surface area contributed by atoms with Gasteiger partial charge in [-0.25, -0.2) is 8.42 Å². The number of amides is 1. The van der Waals surface area contributed by atoms with Gasteiger partial charge in [-0.2, -0.15) is 5.26 Å². The minimum absolute atomic E-state index is 0.0803. The summed E-state index contributed by atoms with van der Waals surface area (Å²) >= 11 is 1.54. The largest absolute Gasteiger partial charge is 0.315 e. The Morgan fingerprint density at radius 3 is 2.70 bits per heavy atom. The smallest absolute Gasteiger partial charge is 0.239 e. The van der Waals surface area contributed by atoms with Crippen LogP contribution in [0.4, 0.5) is 5.00 Å². The summed E-state index contributed by atoms with van der Waals surface area (Å²) in [5, 5.41) is 13.1. The van der Waals surface area contributed by atoms with E-state index in [9.17, 15) is 18.5 Å². The van der Waals surface area contributed by atoms with Crippen LogP contribution in [0.2, 0.25) is 0 Å². The Morgan fingerprint density at radius 1 is 1.26 bits per heavy atom. The number of hydrogen-bond acceptors (Lipinski definition) is 7. The van der Waals surface area contributed by atoms with Crippen molar-refractivity contribution in [2.75, 3.05) is 49.5 Å². The number of nitriles is 1. The standard InChI is InChI=1S/C18H24N4O3S2/c19-10-15-14-2-1-3-16(14)26-18(15)20-17(23)11-21-5-7-22(8-6-21)13-4-9-27(24,25)12-13/h13H,1-9,11-12H2,(H,20,23)/t13-/m0/s1. The zero-order valence-corrected chi connectivity index (χ0v) is 16.9. The maximum absolute atomic E-state index is 12.5. The number of hydrogen-bond donors (Lipinski definition) is 1. The average Bonchev–Trinajstić information content (AvgIpc) is 3.29. The van der Waals surface area contributed by atoms with Gasteiger partial charge in [-0.3, -0.25) is 14.6 Å². The number of carbonyl (C=O) groups is 1. The molecule has 1 amide bonds. The quantitative estimate of drug-likeness (QED) is 0.794. The third-order valence-corrected chi connectivity index (χ3v) is 8.74. The van der Waals surface area contributed by atoms with Crippen LogP contribution in [-0.2, 0) is 27.5 Å². The molecule has 1 N–H and O–H groups in total. The molecule has 2 saturated heterocycles. The Labute approximate surface area is 163 Å². The summed E-state index contributed by atoms with van der Waals surface area (Å²) in [6, 6.07) is 2.39. The van der Waals surface area contributed by atoms with E-state index in [-0.39, 0.29) is 17.7 Å². The highest BCUT2D eigenvalue weighted by Gasteiger charge is 2.34. The number of carbonyl (C=O) groups excluding carboxylic acids is 1. The van der Waals surface area contributed by atoms with Gasteiger partial charge in [-0.05, 0) is 31.2 Å². The van der Waals surface area contributed by atoms with Crippen LogP contribution in [0.5, 0.6) is 0 Å². The van der Waals surface area contributed by atoms with Crippen molar-refractivity contribution in [3.8, 4) is 6.07 Å². The Balaban J connectivity index is 1.29. The minimum Gasteiger partial charge on any atom is -0.315 e. The lowest BCUT2D eigenvalue weighted by Gasteiger charge is -2.37. The summed E-state index contributed by atoms with van der Waals surface area (Å²) in [6.07, 6.45) is 3.76. The van der Waals surface area contributed by atoms with Crippen LogP contribution in [0.1, 0.15) is 28.8 Å². The lowest BCUT2D eigenvalue weighted by atomic mass is 10.1. The van der Waals surface area contributed by atoms with Gasteiger partial charge in [0.25, 0.3) is 0 Å². The van der Waals surface area contributed by atoms with E-state index in [0.29, 0.717) is 22.9 Å². The highest BCUT2D eigenvalue weighted by atomic mass is 32.2. The molecule has 0 aromatic carbocycles. The normalized spacial score (nSPS) is 25.2. The summed E-state index contributed by atoms with van der Waals surface area (Å²) in [4.78, 5) is 18.0. The van der Waals surface area contributed by atoms with Crippen LogP contribution < -0.4 is 5.32 Å². The number of nitrogens with one attached hydrogen (secondary N) is 1. The molecule has 7 nitrogen and oxygen atoms in total. The Morgan fingerprint density at radius 2 is 2.04 bits per heavy atom. The molecule has 1 aromatic heterocycles. The number of piperazine rings is 1. The first-order chi connectivity index (χ1) is 12.9. The van der Waals surface area contributed by atoms with E-state index < -0.39 is 9.84 Å². The molecule has 2 fully saturated rings. The topological polar surface area (TPSA) is 93.5 Å². The van der Waals surface area contributed by atoms with Gasteiger partial charge in [0.05, 0.1) is 23.6 Å². The number of anilines is 1. The molecule has 0 spiro atoms. The molecule has 0 bridgehead atoms. The third kappa shape index (κ3) is 4.04. The molecule has 2 aliphatic heterocycles. The highest BCUT2D eigenvalue weighted by Crippen LogP contribution is 2.38. The summed E-state index contributed by atoms with van der Waals surface area (Å²) in [7, 11) is -2.86. The molecule has 0 radical (unpaired) electrons. The van der Waals surface area contributed by atoms with Gasteiger partial charge in [0.2, 0.25) is 5.91 Å². The van der Waals surface area contributed by atoms with Gasteiger partial charge in [-0.1, -0.05) is 0 Å². The first-order valence-corrected chi connectivity index (χ1v) is 12.1. The second kappa shape index (κ2) is 7.51. The lowest BCUT2D eigenvalue weighted by molar-refractivity contribution is -0.117. The van der Waals surface area contributed by atoms with Crippen LogP contribution in [0, 0.1) is 11.3 Å². The van der Waals surface area contributed by atoms with Gasteiger partial charge in [0.15, 0.2) is 9.84 Å². The van der Waals surface area contributed by atoms with E-state index in [1.165, 1.54) is 4.88 Å². The number of thiophene rings is 1. The number of aryl methyl sites for hydroxylation is 1. The Kier molecular flexibility index (Phi) is 5.25. The van der Waals surface area contributed by atoms with Crippen molar-refractivity contribution in [1.29, 1.82) is 5.26 Å². The third-order valence-electron chi connectivity index (χ3n) is 5.78. The van der Waals surface area contributed by atoms with E-state index in [1.54, 1.807) is 11.3 Å². The second-order valence-corrected chi connectivity index (χ2v) is 10.9. The number of rotatable bonds is 4. The van der Waals surface area contributed by atoms with Crippen LogP contribution in [0.3, 0.4) is 0 Å². The van der Waals surface area contributed by atoms with Gasteiger partial charge < -0.3 is 5.32 Å². The zero-order chi connectivity index (χ0) is 19.0. The molecule has 27 heavy (non-hydrogen) atoms. The van der Waals surface area contributed by atoms with Crippen molar-refractivity contribution < 1.29 is 13.2 Å². The molecule has 1 aromatic rings. The zero-order valence-electron chi connectivity index (χ0n) is 15.2. The molecule has 3 heterocycles. The average molecular weight is 409 g/mol. The number of fused-ring (bicyclic) bond motifs is 1. The minimum atomic E-state index is -2.86. The van der Waals surface area contributed by atoms with Crippen molar-refractivity contribution in [3.05, 3.63) is 16.0 Å². The Bertz CT molecular complexity index is 879. The van der Waals surface area contributed by atoms with Crippen molar-refractivity contribution in [3.63, 3.8) is 0 Å². The molecule has 1 atom stereocenters. The van der Waals surface area contributed by atoms with Crippen molar-refractivity contribution in [2.45, 2.75) is 31.7 Å². The van der Waals surface area contributed by atoms with E-state index in [2.05, 4.69) is 21.2 Å². The van der Waals surface area contributed by atoms with Crippen molar-refractivity contribution in [2.24, 2.45) is 0 Å². The van der Waals surface area contributed by atoms with Crippen LogP contribution in [0.25, 0.3) is 0 Å². The highest BCUT2D eigenvalue weighted by molar-refractivity contribution is 7.91. The van der Waals surface area contributed by atoms with Gasteiger partial charge in [0, 0.05) is 37.1 Å². The molecule has 146 valence electrons. The second-order valence-electron chi connectivity index (χ2n) is 7.59. The predicted molar refractivity (Wildman–Crippen MR) is 105 cm³/mol. The van der Waals surface area contributed by atoms with Crippen LogP contribution in [-0.4, -0.2) is 74.4 Å². The van der Waals surface area contributed by atoms with Crippen molar-refractivity contribution >= 4 is 32.1 Å².